The fourth-order valence-corrected chi connectivity index (χ4v) is 2.90. The Morgan fingerprint density at radius 3 is 2.63 bits per heavy atom. The van der Waals surface area contributed by atoms with E-state index in [-0.39, 0.29) is 6.10 Å². The fourth-order valence-electron chi connectivity index (χ4n) is 2.77. The SMILES string of the molecule is CNCC1OCCN(C(C)C)C1c1ccc(Cl)cc1. The maximum absolute atomic E-state index is 5.99. The van der Waals surface area contributed by atoms with E-state index in [0.29, 0.717) is 12.1 Å². The van der Waals surface area contributed by atoms with Crippen LogP contribution in [0.25, 0.3) is 0 Å². The minimum atomic E-state index is 0.183. The van der Waals surface area contributed by atoms with Gasteiger partial charge in [0.2, 0.25) is 0 Å². The summed E-state index contributed by atoms with van der Waals surface area (Å²) in [4.78, 5) is 2.51. The Kier molecular flexibility index (Phi) is 5.22. The third kappa shape index (κ3) is 3.48. The van der Waals surface area contributed by atoms with Gasteiger partial charge in [-0.3, -0.25) is 4.90 Å². The first-order valence-corrected chi connectivity index (χ1v) is 7.28. The van der Waals surface area contributed by atoms with Crippen LogP contribution in [-0.2, 0) is 4.74 Å². The molecule has 1 aliphatic rings. The topological polar surface area (TPSA) is 24.5 Å². The predicted octanol–water partition coefficient (Wildman–Crippen LogP) is 2.71. The summed E-state index contributed by atoms with van der Waals surface area (Å²) in [5.74, 6) is 0. The summed E-state index contributed by atoms with van der Waals surface area (Å²) in [6.07, 6.45) is 0.183. The first kappa shape index (κ1) is 14.8. The molecule has 4 heteroatoms. The minimum absolute atomic E-state index is 0.183. The van der Waals surface area contributed by atoms with Crippen molar-refractivity contribution in [1.82, 2.24) is 10.2 Å². The lowest BCUT2D eigenvalue weighted by atomic mass is 9.96. The van der Waals surface area contributed by atoms with Gasteiger partial charge in [-0.2, -0.15) is 0 Å². The molecule has 0 saturated carbocycles. The molecule has 1 aromatic rings. The Morgan fingerprint density at radius 2 is 2.05 bits per heavy atom. The number of nitrogens with zero attached hydrogens (tertiary/aromatic N) is 1. The minimum Gasteiger partial charge on any atom is -0.374 e. The van der Waals surface area contributed by atoms with Gasteiger partial charge in [0.25, 0.3) is 0 Å². The van der Waals surface area contributed by atoms with Crippen molar-refractivity contribution in [3.63, 3.8) is 0 Å². The molecule has 0 spiro atoms. The lowest BCUT2D eigenvalue weighted by Gasteiger charge is -2.43. The quantitative estimate of drug-likeness (QED) is 0.919. The molecular weight excluding hydrogens is 260 g/mol. The molecule has 1 heterocycles. The molecule has 1 aliphatic heterocycles. The highest BCUT2D eigenvalue weighted by Gasteiger charge is 2.34. The van der Waals surface area contributed by atoms with E-state index in [9.17, 15) is 0 Å². The predicted molar refractivity (Wildman–Crippen MR) is 79.7 cm³/mol. The summed E-state index contributed by atoms with van der Waals surface area (Å²) < 4.78 is 5.96. The van der Waals surface area contributed by atoms with Crippen molar-refractivity contribution in [2.45, 2.75) is 32.0 Å². The summed E-state index contributed by atoms with van der Waals surface area (Å²) >= 11 is 5.99. The van der Waals surface area contributed by atoms with Crippen molar-refractivity contribution < 1.29 is 4.74 Å². The third-order valence-corrected chi connectivity index (χ3v) is 3.92. The Labute approximate surface area is 120 Å². The average molecular weight is 283 g/mol. The molecule has 0 bridgehead atoms. The van der Waals surface area contributed by atoms with E-state index >= 15 is 0 Å². The zero-order valence-corrected chi connectivity index (χ0v) is 12.7. The molecule has 0 radical (unpaired) electrons. The van der Waals surface area contributed by atoms with E-state index in [1.54, 1.807) is 0 Å². The Hall–Kier alpha value is -0.610. The summed E-state index contributed by atoms with van der Waals surface area (Å²) in [6, 6.07) is 8.93. The average Bonchev–Trinajstić information content (AvgIpc) is 2.40. The van der Waals surface area contributed by atoms with E-state index in [0.717, 1.165) is 24.7 Å². The van der Waals surface area contributed by atoms with E-state index in [1.165, 1.54) is 5.56 Å². The molecule has 0 aliphatic carbocycles. The standard InChI is InChI=1S/C15H23ClN2O/c1-11(2)18-8-9-19-14(10-17-3)15(18)12-4-6-13(16)7-5-12/h4-7,11,14-15,17H,8-10H2,1-3H3. The molecule has 1 saturated heterocycles. The molecule has 1 fully saturated rings. The van der Waals surface area contributed by atoms with Crippen molar-refractivity contribution in [3.05, 3.63) is 34.9 Å². The highest BCUT2D eigenvalue weighted by Crippen LogP contribution is 2.31. The number of nitrogens with one attached hydrogen (secondary N) is 1. The van der Waals surface area contributed by atoms with Gasteiger partial charge in [-0.1, -0.05) is 23.7 Å². The molecule has 19 heavy (non-hydrogen) atoms. The largest absolute Gasteiger partial charge is 0.374 e. The van der Waals surface area contributed by atoms with Gasteiger partial charge in [0.15, 0.2) is 0 Å². The maximum atomic E-state index is 5.99. The third-order valence-electron chi connectivity index (χ3n) is 3.67. The number of hydrogen-bond donors (Lipinski definition) is 1. The number of benzene rings is 1. The molecule has 3 nitrogen and oxygen atoms in total. The summed E-state index contributed by atoms with van der Waals surface area (Å²) in [5, 5.41) is 4.01. The Balaban J connectivity index is 2.28. The zero-order valence-electron chi connectivity index (χ0n) is 11.9. The second-order valence-corrected chi connectivity index (χ2v) is 5.73. The van der Waals surface area contributed by atoms with E-state index in [2.05, 4.69) is 36.2 Å². The fraction of sp³-hybridized carbons (Fsp3) is 0.600. The highest BCUT2D eigenvalue weighted by molar-refractivity contribution is 6.30. The van der Waals surface area contributed by atoms with Crippen molar-refractivity contribution >= 4 is 11.6 Å². The molecule has 0 aromatic heterocycles. The first-order chi connectivity index (χ1) is 9.13. The number of halogens is 1. The van der Waals surface area contributed by atoms with Gasteiger partial charge in [0, 0.05) is 24.2 Å². The van der Waals surface area contributed by atoms with Crippen molar-refractivity contribution in [2.75, 3.05) is 26.7 Å². The van der Waals surface area contributed by atoms with E-state index in [4.69, 9.17) is 16.3 Å². The summed E-state index contributed by atoms with van der Waals surface area (Å²) in [5.41, 5.74) is 1.28. The number of morpholine rings is 1. The van der Waals surface area contributed by atoms with E-state index in [1.807, 2.05) is 19.2 Å². The number of hydrogen-bond acceptors (Lipinski definition) is 3. The van der Waals surface area contributed by atoms with Crippen LogP contribution >= 0.6 is 11.6 Å². The van der Waals surface area contributed by atoms with Crippen LogP contribution in [0, 0.1) is 0 Å². The lowest BCUT2D eigenvalue weighted by molar-refractivity contribution is -0.0815. The van der Waals surface area contributed by atoms with Gasteiger partial charge in [-0.25, -0.2) is 0 Å². The number of rotatable bonds is 4. The van der Waals surface area contributed by atoms with Crippen molar-refractivity contribution in [1.29, 1.82) is 0 Å². The molecule has 2 atom stereocenters. The van der Waals surface area contributed by atoms with Gasteiger partial charge in [-0.15, -0.1) is 0 Å². The lowest BCUT2D eigenvalue weighted by Crippen LogP contribution is -2.51. The van der Waals surface area contributed by atoms with Crippen LogP contribution in [0.5, 0.6) is 0 Å². The molecule has 106 valence electrons. The van der Waals surface area contributed by atoms with Crippen molar-refractivity contribution in [2.24, 2.45) is 0 Å². The number of ether oxygens (including phenoxy) is 1. The van der Waals surface area contributed by atoms with Crippen LogP contribution in [-0.4, -0.2) is 43.8 Å². The van der Waals surface area contributed by atoms with Crippen LogP contribution < -0.4 is 5.32 Å². The van der Waals surface area contributed by atoms with Gasteiger partial charge >= 0.3 is 0 Å². The second kappa shape index (κ2) is 6.71. The Bertz CT molecular complexity index is 392. The van der Waals surface area contributed by atoms with Crippen molar-refractivity contribution in [3.8, 4) is 0 Å². The summed E-state index contributed by atoms with van der Waals surface area (Å²) in [7, 11) is 1.97. The van der Waals surface area contributed by atoms with Gasteiger partial charge in [-0.05, 0) is 38.6 Å². The Morgan fingerprint density at radius 1 is 1.37 bits per heavy atom. The number of likely N-dealkylation sites (N-methyl/N-ethyl adjacent to an activating group) is 1. The van der Waals surface area contributed by atoms with E-state index < -0.39 is 0 Å². The van der Waals surface area contributed by atoms with Crippen LogP contribution in [0.1, 0.15) is 25.5 Å². The van der Waals surface area contributed by atoms with Crippen LogP contribution in [0.2, 0.25) is 5.02 Å². The molecule has 1 N–H and O–H groups in total. The molecule has 2 unspecified atom stereocenters. The molecule has 0 amide bonds. The zero-order chi connectivity index (χ0) is 13.8. The normalized spacial score (nSPS) is 24.9. The smallest absolute Gasteiger partial charge is 0.0896 e. The highest BCUT2D eigenvalue weighted by atomic mass is 35.5. The molecule has 1 aromatic carbocycles. The molecular formula is C15H23ClN2O. The first-order valence-electron chi connectivity index (χ1n) is 6.91. The second-order valence-electron chi connectivity index (χ2n) is 5.29. The van der Waals surface area contributed by atoms with Crippen LogP contribution in [0.3, 0.4) is 0 Å². The van der Waals surface area contributed by atoms with Crippen LogP contribution in [0.4, 0.5) is 0 Å². The van der Waals surface area contributed by atoms with Crippen LogP contribution in [0.15, 0.2) is 24.3 Å². The maximum Gasteiger partial charge on any atom is 0.0896 e. The van der Waals surface area contributed by atoms with Gasteiger partial charge in [0.1, 0.15) is 0 Å². The molecule has 2 rings (SSSR count). The monoisotopic (exact) mass is 282 g/mol. The van der Waals surface area contributed by atoms with Gasteiger partial charge < -0.3 is 10.1 Å². The van der Waals surface area contributed by atoms with Gasteiger partial charge in [0.05, 0.1) is 18.8 Å². The summed E-state index contributed by atoms with van der Waals surface area (Å²) in [6.45, 7) is 7.12.